The fourth-order valence-corrected chi connectivity index (χ4v) is 3.53. The van der Waals surface area contributed by atoms with Crippen molar-refractivity contribution in [1.29, 1.82) is 0 Å². The molecule has 1 aromatic carbocycles. The Morgan fingerprint density at radius 1 is 1.00 bits per heavy atom. The fourth-order valence-electron chi connectivity index (χ4n) is 3.53. The molecule has 5 heteroatoms. The molecule has 1 amide bonds. The van der Waals surface area contributed by atoms with Crippen LogP contribution in [0.1, 0.15) is 28.7 Å². The number of rotatable bonds is 4. The van der Waals surface area contributed by atoms with Crippen molar-refractivity contribution in [2.24, 2.45) is 0 Å². The number of aryl methyl sites for hydroxylation is 1. The van der Waals surface area contributed by atoms with Crippen molar-refractivity contribution in [2.75, 3.05) is 32.7 Å². The first-order valence-electron chi connectivity index (χ1n) is 8.73. The third kappa shape index (κ3) is 3.66. The minimum atomic E-state index is 0.109. The van der Waals surface area contributed by atoms with E-state index in [0.717, 1.165) is 35.7 Å². The van der Waals surface area contributed by atoms with Crippen LogP contribution in [-0.2, 0) is 4.79 Å². The van der Waals surface area contributed by atoms with Crippen molar-refractivity contribution in [3.8, 4) is 5.69 Å². The predicted molar refractivity (Wildman–Crippen MR) is 98.3 cm³/mol. The minimum Gasteiger partial charge on any atom is -0.340 e. The number of ketones is 1. The van der Waals surface area contributed by atoms with Crippen molar-refractivity contribution in [3.63, 3.8) is 0 Å². The lowest BCUT2D eigenvalue weighted by atomic mass is 10.1. The van der Waals surface area contributed by atoms with Crippen molar-refractivity contribution in [2.45, 2.75) is 20.8 Å². The maximum Gasteiger partial charge on any atom is 0.219 e. The number of hydrogen-bond acceptors (Lipinski definition) is 3. The number of benzene rings is 1. The molecule has 1 aliphatic rings. The van der Waals surface area contributed by atoms with Crippen LogP contribution in [0.5, 0.6) is 0 Å². The summed E-state index contributed by atoms with van der Waals surface area (Å²) >= 11 is 0. The molecule has 0 saturated carbocycles. The molecule has 1 aromatic heterocycles. The standard InChI is InChI=1S/C20H25N3O2/c1-15-13-19(16(2)23(15)18-7-5-4-6-8-18)20(25)14-21-9-11-22(12-10-21)17(3)24/h4-8,13H,9-12,14H2,1-3H3. The molecule has 2 heterocycles. The van der Waals surface area contributed by atoms with Gasteiger partial charge < -0.3 is 9.47 Å². The molecule has 0 bridgehead atoms. The third-order valence-electron chi connectivity index (χ3n) is 4.93. The number of amides is 1. The van der Waals surface area contributed by atoms with E-state index < -0.39 is 0 Å². The summed E-state index contributed by atoms with van der Waals surface area (Å²) in [5, 5.41) is 0. The Hall–Kier alpha value is -2.40. The Morgan fingerprint density at radius 2 is 1.64 bits per heavy atom. The SMILES string of the molecule is CC(=O)N1CCN(CC(=O)c2cc(C)n(-c3ccccc3)c2C)CC1. The van der Waals surface area contributed by atoms with Crippen LogP contribution in [0, 0.1) is 13.8 Å². The van der Waals surface area contributed by atoms with Gasteiger partial charge in [-0.05, 0) is 32.0 Å². The van der Waals surface area contributed by atoms with E-state index >= 15 is 0 Å². The highest BCUT2D eigenvalue weighted by atomic mass is 16.2. The van der Waals surface area contributed by atoms with E-state index in [9.17, 15) is 9.59 Å². The van der Waals surface area contributed by atoms with Crippen LogP contribution in [0.2, 0.25) is 0 Å². The summed E-state index contributed by atoms with van der Waals surface area (Å²) in [5.41, 5.74) is 3.91. The number of para-hydroxylation sites is 1. The number of piperazine rings is 1. The van der Waals surface area contributed by atoms with Gasteiger partial charge in [0.2, 0.25) is 5.91 Å². The summed E-state index contributed by atoms with van der Waals surface area (Å²) in [4.78, 5) is 28.2. The highest BCUT2D eigenvalue weighted by Gasteiger charge is 2.23. The summed E-state index contributed by atoms with van der Waals surface area (Å²) in [7, 11) is 0. The van der Waals surface area contributed by atoms with E-state index in [4.69, 9.17) is 0 Å². The average molecular weight is 339 g/mol. The second-order valence-corrected chi connectivity index (χ2v) is 6.66. The molecule has 0 aliphatic carbocycles. The average Bonchev–Trinajstić information content (AvgIpc) is 2.90. The van der Waals surface area contributed by atoms with Crippen molar-refractivity contribution < 1.29 is 9.59 Å². The first-order chi connectivity index (χ1) is 12.0. The molecule has 2 aromatic rings. The number of hydrogen-bond donors (Lipinski definition) is 0. The topological polar surface area (TPSA) is 45.6 Å². The molecule has 1 saturated heterocycles. The lowest BCUT2D eigenvalue weighted by Gasteiger charge is -2.33. The number of Topliss-reactive ketones (excluding diaryl/α,β-unsaturated/α-hetero) is 1. The lowest BCUT2D eigenvalue weighted by Crippen LogP contribution is -2.49. The number of nitrogens with zero attached hydrogens (tertiary/aromatic N) is 3. The van der Waals surface area contributed by atoms with Gasteiger partial charge in [0.25, 0.3) is 0 Å². The van der Waals surface area contributed by atoms with Gasteiger partial charge in [0.15, 0.2) is 5.78 Å². The van der Waals surface area contributed by atoms with E-state index in [1.54, 1.807) is 6.92 Å². The first-order valence-corrected chi connectivity index (χ1v) is 8.73. The zero-order valence-corrected chi connectivity index (χ0v) is 15.2. The molecule has 5 nitrogen and oxygen atoms in total. The summed E-state index contributed by atoms with van der Waals surface area (Å²) in [5.74, 6) is 0.254. The Morgan fingerprint density at radius 3 is 2.24 bits per heavy atom. The zero-order valence-electron chi connectivity index (χ0n) is 15.2. The van der Waals surface area contributed by atoms with Crippen LogP contribution in [0.15, 0.2) is 36.4 Å². The largest absolute Gasteiger partial charge is 0.340 e. The second-order valence-electron chi connectivity index (χ2n) is 6.66. The number of aromatic nitrogens is 1. The van der Waals surface area contributed by atoms with E-state index in [0.29, 0.717) is 19.6 Å². The van der Waals surface area contributed by atoms with Gasteiger partial charge in [-0.3, -0.25) is 14.5 Å². The second kappa shape index (κ2) is 7.23. The maximum absolute atomic E-state index is 12.8. The van der Waals surface area contributed by atoms with Crippen molar-refractivity contribution in [3.05, 3.63) is 53.3 Å². The normalized spacial score (nSPS) is 15.4. The third-order valence-corrected chi connectivity index (χ3v) is 4.93. The van der Waals surface area contributed by atoms with Crippen LogP contribution in [-0.4, -0.2) is 58.8 Å². The smallest absolute Gasteiger partial charge is 0.219 e. The van der Waals surface area contributed by atoms with Gasteiger partial charge in [-0.25, -0.2) is 0 Å². The van der Waals surface area contributed by atoms with E-state index in [2.05, 4.69) is 21.6 Å². The first kappa shape index (κ1) is 17.4. The molecule has 0 radical (unpaired) electrons. The van der Waals surface area contributed by atoms with Gasteiger partial charge in [0.05, 0.1) is 6.54 Å². The van der Waals surface area contributed by atoms with Crippen LogP contribution < -0.4 is 0 Å². The number of carbonyl (C=O) groups excluding carboxylic acids is 2. The highest BCUT2D eigenvalue weighted by molar-refractivity contribution is 5.99. The molecule has 0 atom stereocenters. The molecule has 132 valence electrons. The fraction of sp³-hybridized carbons (Fsp3) is 0.400. The Labute approximate surface area is 148 Å². The lowest BCUT2D eigenvalue weighted by molar-refractivity contribution is -0.130. The summed E-state index contributed by atoms with van der Waals surface area (Å²) < 4.78 is 2.13. The van der Waals surface area contributed by atoms with Crippen molar-refractivity contribution in [1.82, 2.24) is 14.4 Å². The summed E-state index contributed by atoms with van der Waals surface area (Å²) in [6, 6.07) is 12.1. The molecular formula is C20H25N3O2. The van der Waals surface area contributed by atoms with Gasteiger partial charge in [-0.2, -0.15) is 0 Å². The van der Waals surface area contributed by atoms with E-state index in [1.807, 2.05) is 43.0 Å². The van der Waals surface area contributed by atoms with Gasteiger partial charge in [-0.15, -0.1) is 0 Å². The van der Waals surface area contributed by atoms with Gasteiger partial charge in [-0.1, -0.05) is 18.2 Å². The Kier molecular flexibility index (Phi) is 5.04. The molecular weight excluding hydrogens is 314 g/mol. The summed E-state index contributed by atoms with van der Waals surface area (Å²) in [6.07, 6.45) is 0. The molecule has 3 rings (SSSR count). The maximum atomic E-state index is 12.8. The monoisotopic (exact) mass is 339 g/mol. The summed E-state index contributed by atoms with van der Waals surface area (Å²) in [6.45, 7) is 8.94. The van der Waals surface area contributed by atoms with Crippen LogP contribution in [0.3, 0.4) is 0 Å². The highest BCUT2D eigenvalue weighted by Crippen LogP contribution is 2.21. The quantitative estimate of drug-likeness (QED) is 0.804. The van der Waals surface area contributed by atoms with Crippen LogP contribution in [0.4, 0.5) is 0 Å². The van der Waals surface area contributed by atoms with Gasteiger partial charge in [0, 0.05) is 55.7 Å². The number of carbonyl (C=O) groups is 2. The van der Waals surface area contributed by atoms with Gasteiger partial charge in [0.1, 0.15) is 0 Å². The molecule has 1 fully saturated rings. The van der Waals surface area contributed by atoms with Crippen LogP contribution >= 0.6 is 0 Å². The minimum absolute atomic E-state index is 0.109. The van der Waals surface area contributed by atoms with E-state index in [-0.39, 0.29) is 11.7 Å². The zero-order chi connectivity index (χ0) is 18.0. The Bertz CT molecular complexity index is 772. The van der Waals surface area contributed by atoms with E-state index in [1.165, 1.54) is 0 Å². The molecule has 0 unspecified atom stereocenters. The molecule has 25 heavy (non-hydrogen) atoms. The molecule has 0 spiro atoms. The predicted octanol–water partition coefficient (Wildman–Crippen LogP) is 2.44. The Balaban J connectivity index is 1.73. The van der Waals surface area contributed by atoms with Crippen LogP contribution in [0.25, 0.3) is 5.69 Å². The molecule has 0 N–H and O–H groups in total. The molecule has 1 aliphatic heterocycles. The van der Waals surface area contributed by atoms with Crippen molar-refractivity contribution >= 4 is 11.7 Å². The van der Waals surface area contributed by atoms with Gasteiger partial charge >= 0.3 is 0 Å².